The molecular weight excluding hydrogens is 392 g/mol. The van der Waals surface area contributed by atoms with Crippen molar-refractivity contribution in [1.29, 1.82) is 0 Å². The SMILES string of the molecule is CC1(C)C(=O)N(CCN2CCN(c3noc4ccccc34)CC2)C(=O)c2ccccc21. The van der Waals surface area contributed by atoms with Crippen LogP contribution in [-0.4, -0.2) is 66.0 Å². The van der Waals surface area contributed by atoms with Crippen LogP contribution >= 0.6 is 0 Å². The van der Waals surface area contributed by atoms with Crippen molar-refractivity contribution in [3.05, 3.63) is 59.7 Å². The summed E-state index contributed by atoms with van der Waals surface area (Å²) in [6.07, 6.45) is 0. The third-order valence-corrected chi connectivity index (χ3v) is 6.53. The number of fused-ring (bicyclic) bond motifs is 2. The lowest BCUT2D eigenvalue weighted by Gasteiger charge is -2.39. The summed E-state index contributed by atoms with van der Waals surface area (Å²) in [6, 6.07) is 15.3. The fraction of sp³-hybridized carbons (Fsp3) is 0.375. The van der Waals surface area contributed by atoms with E-state index in [1.165, 1.54) is 4.90 Å². The van der Waals surface area contributed by atoms with Gasteiger partial charge in [0.2, 0.25) is 5.91 Å². The minimum Gasteiger partial charge on any atom is -0.354 e. The third-order valence-electron chi connectivity index (χ3n) is 6.53. The van der Waals surface area contributed by atoms with Crippen molar-refractivity contribution in [3.8, 4) is 0 Å². The molecule has 0 atom stereocenters. The van der Waals surface area contributed by atoms with E-state index in [9.17, 15) is 9.59 Å². The lowest BCUT2D eigenvalue weighted by Crippen LogP contribution is -2.55. The number of aromatic nitrogens is 1. The first-order chi connectivity index (χ1) is 15.0. The highest BCUT2D eigenvalue weighted by molar-refractivity contribution is 6.12. The number of hydrogen-bond donors (Lipinski definition) is 0. The molecule has 7 heteroatoms. The number of anilines is 1. The maximum Gasteiger partial charge on any atom is 0.260 e. The van der Waals surface area contributed by atoms with Gasteiger partial charge in [-0.3, -0.25) is 19.4 Å². The number of carbonyl (C=O) groups is 2. The summed E-state index contributed by atoms with van der Waals surface area (Å²) in [5.41, 5.74) is 1.55. The summed E-state index contributed by atoms with van der Waals surface area (Å²) >= 11 is 0. The topological polar surface area (TPSA) is 69.9 Å². The highest BCUT2D eigenvalue weighted by atomic mass is 16.5. The second-order valence-electron chi connectivity index (χ2n) is 8.76. The van der Waals surface area contributed by atoms with Crippen molar-refractivity contribution in [2.24, 2.45) is 0 Å². The fourth-order valence-electron chi connectivity index (χ4n) is 4.63. The van der Waals surface area contributed by atoms with Gasteiger partial charge in [-0.05, 0) is 37.6 Å². The Kier molecular flexibility index (Phi) is 4.78. The minimum atomic E-state index is -0.697. The van der Waals surface area contributed by atoms with Crippen molar-refractivity contribution in [1.82, 2.24) is 15.0 Å². The van der Waals surface area contributed by atoms with Crippen molar-refractivity contribution < 1.29 is 14.1 Å². The largest absolute Gasteiger partial charge is 0.354 e. The number of nitrogens with zero attached hydrogens (tertiary/aromatic N) is 4. The van der Waals surface area contributed by atoms with Gasteiger partial charge in [0.05, 0.1) is 10.8 Å². The molecule has 2 amide bonds. The average molecular weight is 418 g/mol. The molecule has 3 aromatic rings. The monoisotopic (exact) mass is 418 g/mol. The maximum absolute atomic E-state index is 13.1. The van der Waals surface area contributed by atoms with E-state index in [0.29, 0.717) is 18.7 Å². The van der Waals surface area contributed by atoms with E-state index in [1.807, 2.05) is 62.4 Å². The zero-order valence-electron chi connectivity index (χ0n) is 17.9. The zero-order chi connectivity index (χ0) is 21.6. The first kappa shape index (κ1) is 19.8. The molecule has 2 aromatic carbocycles. The molecule has 1 aromatic heterocycles. The van der Waals surface area contributed by atoms with Crippen LogP contribution < -0.4 is 4.90 Å². The van der Waals surface area contributed by atoms with Crippen LogP contribution in [-0.2, 0) is 10.2 Å². The molecule has 0 radical (unpaired) electrons. The van der Waals surface area contributed by atoms with Crippen LogP contribution in [0.25, 0.3) is 11.0 Å². The molecule has 1 fully saturated rings. The van der Waals surface area contributed by atoms with Gasteiger partial charge in [-0.2, -0.15) is 0 Å². The van der Waals surface area contributed by atoms with Crippen LogP contribution in [0.5, 0.6) is 0 Å². The first-order valence-electron chi connectivity index (χ1n) is 10.7. The van der Waals surface area contributed by atoms with E-state index in [1.54, 1.807) is 0 Å². The van der Waals surface area contributed by atoms with E-state index in [0.717, 1.165) is 48.5 Å². The highest BCUT2D eigenvalue weighted by Crippen LogP contribution is 2.34. The zero-order valence-corrected chi connectivity index (χ0v) is 17.9. The summed E-state index contributed by atoms with van der Waals surface area (Å²) in [4.78, 5) is 32.0. The number of amides is 2. The summed E-state index contributed by atoms with van der Waals surface area (Å²) in [7, 11) is 0. The Morgan fingerprint density at radius 2 is 1.65 bits per heavy atom. The molecule has 160 valence electrons. The number of piperazine rings is 1. The van der Waals surface area contributed by atoms with Gasteiger partial charge in [0.25, 0.3) is 5.91 Å². The molecule has 1 saturated heterocycles. The molecule has 0 saturated carbocycles. The number of para-hydroxylation sites is 1. The number of benzene rings is 2. The van der Waals surface area contributed by atoms with Crippen LogP contribution in [0.4, 0.5) is 5.82 Å². The van der Waals surface area contributed by atoms with E-state index in [2.05, 4.69) is 15.0 Å². The Morgan fingerprint density at radius 1 is 0.935 bits per heavy atom. The third kappa shape index (κ3) is 3.29. The quantitative estimate of drug-likeness (QED) is 0.607. The smallest absolute Gasteiger partial charge is 0.260 e. The second kappa shape index (κ2) is 7.50. The Morgan fingerprint density at radius 3 is 2.45 bits per heavy atom. The van der Waals surface area contributed by atoms with Crippen molar-refractivity contribution >= 4 is 28.6 Å². The minimum absolute atomic E-state index is 0.121. The molecule has 0 N–H and O–H groups in total. The van der Waals surface area contributed by atoms with Gasteiger partial charge in [0.1, 0.15) is 0 Å². The molecule has 0 aliphatic carbocycles. The Labute approximate surface area is 181 Å². The summed E-state index contributed by atoms with van der Waals surface area (Å²) in [6.45, 7) is 8.21. The summed E-state index contributed by atoms with van der Waals surface area (Å²) in [5, 5.41) is 5.28. The predicted octanol–water partition coefficient (Wildman–Crippen LogP) is 2.91. The molecule has 3 heterocycles. The molecule has 0 spiro atoms. The molecule has 0 unspecified atom stereocenters. The summed E-state index contributed by atoms with van der Waals surface area (Å²) < 4.78 is 5.44. The molecule has 7 nitrogen and oxygen atoms in total. The average Bonchev–Trinajstić information content (AvgIpc) is 3.23. The molecule has 0 bridgehead atoms. The number of carbonyl (C=O) groups excluding carboxylic acids is 2. The van der Waals surface area contributed by atoms with Crippen molar-refractivity contribution in [3.63, 3.8) is 0 Å². The molecular formula is C24H26N4O3. The van der Waals surface area contributed by atoms with Crippen LogP contribution in [0.1, 0.15) is 29.8 Å². The number of hydrogen-bond acceptors (Lipinski definition) is 6. The number of rotatable bonds is 4. The molecule has 31 heavy (non-hydrogen) atoms. The molecule has 2 aliphatic heterocycles. The summed E-state index contributed by atoms with van der Waals surface area (Å²) in [5.74, 6) is 0.575. The van der Waals surface area contributed by atoms with Gasteiger partial charge in [-0.1, -0.05) is 35.5 Å². The van der Waals surface area contributed by atoms with E-state index < -0.39 is 5.41 Å². The van der Waals surface area contributed by atoms with Crippen LogP contribution in [0.2, 0.25) is 0 Å². The van der Waals surface area contributed by atoms with Gasteiger partial charge in [-0.15, -0.1) is 0 Å². The lowest BCUT2D eigenvalue weighted by atomic mass is 9.77. The van der Waals surface area contributed by atoms with Gasteiger partial charge < -0.3 is 9.42 Å². The van der Waals surface area contributed by atoms with Gasteiger partial charge in [0, 0.05) is 44.8 Å². The second-order valence-corrected chi connectivity index (χ2v) is 8.76. The predicted molar refractivity (Wildman–Crippen MR) is 118 cm³/mol. The van der Waals surface area contributed by atoms with Crippen molar-refractivity contribution in [2.45, 2.75) is 19.3 Å². The normalized spacial score (nSPS) is 19.2. The lowest BCUT2D eigenvalue weighted by molar-refractivity contribution is -0.134. The number of imide groups is 1. The fourth-order valence-corrected chi connectivity index (χ4v) is 4.63. The molecule has 5 rings (SSSR count). The van der Waals surface area contributed by atoms with Crippen LogP contribution in [0, 0.1) is 0 Å². The standard InChI is InChI=1S/C24H26N4O3/c1-24(2)19-9-5-3-7-17(19)22(29)28(23(24)30)16-13-26-11-14-27(15-12-26)21-18-8-4-6-10-20(18)31-25-21/h3-10H,11-16H2,1-2H3. The van der Waals surface area contributed by atoms with Gasteiger partial charge in [0.15, 0.2) is 11.4 Å². The van der Waals surface area contributed by atoms with Crippen molar-refractivity contribution in [2.75, 3.05) is 44.2 Å². The van der Waals surface area contributed by atoms with Crippen LogP contribution in [0.3, 0.4) is 0 Å². The first-order valence-corrected chi connectivity index (χ1v) is 10.7. The van der Waals surface area contributed by atoms with Crippen LogP contribution in [0.15, 0.2) is 53.1 Å². The van der Waals surface area contributed by atoms with Gasteiger partial charge in [-0.25, -0.2) is 0 Å². The van der Waals surface area contributed by atoms with E-state index >= 15 is 0 Å². The maximum atomic E-state index is 13.1. The van der Waals surface area contributed by atoms with E-state index in [-0.39, 0.29) is 11.8 Å². The Hall–Kier alpha value is -3.19. The molecule has 2 aliphatic rings. The highest BCUT2D eigenvalue weighted by Gasteiger charge is 2.44. The Balaban J connectivity index is 1.24. The van der Waals surface area contributed by atoms with Gasteiger partial charge >= 0.3 is 0 Å². The van der Waals surface area contributed by atoms with E-state index in [4.69, 9.17) is 4.52 Å². The Bertz CT molecular complexity index is 1140.